The first-order valence-electron chi connectivity index (χ1n) is 7.27. The van der Waals surface area contributed by atoms with Crippen molar-refractivity contribution in [1.29, 1.82) is 0 Å². The number of hydrogen-bond acceptors (Lipinski definition) is 3. The van der Waals surface area contributed by atoms with E-state index in [0.717, 1.165) is 12.3 Å². The third-order valence-electron chi connectivity index (χ3n) is 3.78. The van der Waals surface area contributed by atoms with E-state index in [9.17, 15) is 13.2 Å². The summed E-state index contributed by atoms with van der Waals surface area (Å²) in [5, 5.41) is 8.13. The van der Waals surface area contributed by atoms with E-state index >= 15 is 0 Å². The largest absolute Gasteiger partial charge is 0.350 e. The van der Waals surface area contributed by atoms with Gasteiger partial charge in [0.05, 0.1) is 4.90 Å². The lowest BCUT2D eigenvalue weighted by atomic mass is 10.1. The van der Waals surface area contributed by atoms with Gasteiger partial charge in [-0.05, 0) is 43.4 Å². The molecule has 5 nitrogen and oxygen atoms in total. The number of benzene rings is 1. The Morgan fingerprint density at radius 2 is 2.10 bits per heavy atom. The van der Waals surface area contributed by atoms with Gasteiger partial charge in [-0.3, -0.25) is 4.79 Å². The van der Waals surface area contributed by atoms with Gasteiger partial charge in [0.25, 0.3) is 5.91 Å². The first kappa shape index (κ1) is 16.0. The van der Waals surface area contributed by atoms with Gasteiger partial charge in [-0.2, -0.15) is 0 Å². The van der Waals surface area contributed by atoms with E-state index in [0.29, 0.717) is 17.5 Å². The molecule has 21 heavy (non-hydrogen) atoms. The van der Waals surface area contributed by atoms with Crippen molar-refractivity contribution in [1.82, 2.24) is 5.32 Å². The molecule has 6 heteroatoms. The molecule has 1 amide bonds. The number of sulfonamides is 1. The smallest absolute Gasteiger partial charge is 0.251 e. The van der Waals surface area contributed by atoms with Crippen LogP contribution >= 0.6 is 0 Å². The van der Waals surface area contributed by atoms with Crippen LogP contribution in [0.5, 0.6) is 0 Å². The average molecular weight is 310 g/mol. The highest BCUT2D eigenvalue weighted by atomic mass is 32.2. The lowest BCUT2D eigenvalue weighted by molar-refractivity contribution is 0.0937. The molecule has 0 aromatic heterocycles. The maximum atomic E-state index is 12.2. The molecule has 1 aromatic carbocycles. The third-order valence-corrected chi connectivity index (χ3v) is 4.77. The third kappa shape index (κ3) is 4.28. The molecule has 116 valence electrons. The zero-order valence-corrected chi connectivity index (χ0v) is 13.2. The lowest BCUT2D eigenvalue weighted by Gasteiger charge is -2.14. The Morgan fingerprint density at radius 3 is 2.62 bits per heavy atom. The topological polar surface area (TPSA) is 89.3 Å². The van der Waals surface area contributed by atoms with Crippen molar-refractivity contribution in [2.45, 2.75) is 50.5 Å². The highest BCUT2D eigenvalue weighted by molar-refractivity contribution is 7.89. The fraction of sp³-hybridized carbons (Fsp3) is 0.533. The minimum Gasteiger partial charge on any atom is -0.350 e. The van der Waals surface area contributed by atoms with E-state index in [1.54, 1.807) is 12.1 Å². The highest BCUT2D eigenvalue weighted by Crippen LogP contribution is 2.33. The molecule has 0 heterocycles. The summed E-state index contributed by atoms with van der Waals surface area (Å²) in [4.78, 5) is 12.2. The summed E-state index contributed by atoms with van der Waals surface area (Å²) in [6.07, 6.45) is 3.99. The molecule has 0 aliphatic heterocycles. The molecule has 0 spiro atoms. The number of nitrogens with one attached hydrogen (secondary N) is 1. The number of rotatable bonds is 6. The summed E-state index contributed by atoms with van der Waals surface area (Å²) in [6, 6.07) is 4.76. The van der Waals surface area contributed by atoms with E-state index in [-0.39, 0.29) is 16.8 Å². The van der Waals surface area contributed by atoms with Crippen LogP contribution in [0.15, 0.2) is 23.1 Å². The van der Waals surface area contributed by atoms with E-state index in [4.69, 9.17) is 5.14 Å². The molecule has 0 radical (unpaired) electrons. The minimum absolute atomic E-state index is 0.0347. The predicted octanol–water partition coefficient (Wildman–Crippen LogP) is 1.81. The number of aryl methyl sites for hydroxylation is 1. The van der Waals surface area contributed by atoms with E-state index in [2.05, 4.69) is 5.32 Å². The Kier molecular flexibility index (Phi) is 4.68. The fourth-order valence-electron chi connectivity index (χ4n) is 2.47. The van der Waals surface area contributed by atoms with Gasteiger partial charge in [-0.25, -0.2) is 13.6 Å². The van der Waals surface area contributed by atoms with Crippen LogP contribution in [-0.2, 0) is 16.4 Å². The Bertz CT molecular complexity index is 636. The summed E-state index contributed by atoms with van der Waals surface area (Å²) in [7, 11) is -3.82. The molecule has 0 saturated heterocycles. The van der Waals surface area contributed by atoms with Crippen molar-refractivity contribution in [3.05, 3.63) is 29.3 Å². The summed E-state index contributed by atoms with van der Waals surface area (Å²) < 4.78 is 23.2. The van der Waals surface area contributed by atoms with Gasteiger partial charge in [0.2, 0.25) is 10.0 Å². The fourth-order valence-corrected chi connectivity index (χ4v) is 3.34. The van der Waals surface area contributed by atoms with Gasteiger partial charge in [-0.15, -0.1) is 0 Å². The molecule has 1 aliphatic carbocycles. The normalized spacial score (nSPS) is 16.5. The van der Waals surface area contributed by atoms with E-state index in [1.807, 2.05) is 13.8 Å². The molecular weight excluding hydrogens is 288 g/mol. The second kappa shape index (κ2) is 6.15. The number of nitrogens with two attached hydrogens (primary N) is 1. The molecule has 1 saturated carbocycles. The number of carbonyl (C=O) groups excluding carboxylic acids is 1. The molecule has 1 aromatic rings. The zero-order valence-electron chi connectivity index (χ0n) is 12.4. The first-order chi connectivity index (χ1) is 9.81. The first-order valence-corrected chi connectivity index (χ1v) is 8.82. The summed E-state index contributed by atoms with van der Waals surface area (Å²) in [5.74, 6) is 0.471. The van der Waals surface area contributed by atoms with Crippen LogP contribution in [0.3, 0.4) is 0 Å². The second-order valence-electron chi connectivity index (χ2n) is 5.77. The lowest BCUT2D eigenvalue weighted by Crippen LogP contribution is -2.33. The predicted molar refractivity (Wildman–Crippen MR) is 81.5 cm³/mol. The van der Waals surface area contributed by atoms with Gasteiger partial charge in [-0.1, -0.05) is 25.8 Å². The van der Waals surface area contributed by atoms with Crippen molar-refractivity contribution < 1.29 is 13.2 Å². The Morgan fingerprint density at radius 1 is 1.43 bits per heavy atom. The van der Waals surface area contributed by atoms with Crippen molar-refractivity contribution >= 4 is 15.9 Å². The molecular formula is C15H22N2O3S. The summed E-state index contributed by atoms with van der Waals surface area (Å²) in [5.41, 5.74) is 0.957. The number of primary sulfonamides is 1. The SMILES string of the molecule is CCc1ccc(C(=O)NC(C)CC2CC2)cc1S(N)(=O)=O. The Hall–Kier alpha value is -1.40. The van der Waals surface area contributed by atoms with Crippen molar-refractivity contribution in [3.63, 3.8) is 0 Å². The number of hydrogen-bond donors (Lipinski definition) is 2. The van der Waals surface area contributed by atoms with Gasteiger partial charge in [0.15, 0.2) is 0 Å². The summed E-state index contributed by atoms with van der Waals surface area (Å²) >= 11 is 0. The van der Waals surface area contributed by atoms with Crippen LogP contribution in [0.25, 0.3) is 0 Å². The standard InChI is InChI=1S/C15H22N2O3S/c1-3-12-6-7-13(9-14(12)21(16,19)20)15(18)17-10(2)8-11-4-5-11/h6-7,9-11H,3-5,8H2,1-2H3,(H,17,18)(H2,16,19,20). The quantitative estimate of drug-likeness (QED) is 0.840. The van der Waals surface area contributed by atoms with Crippen LogP contribution in [0.1, 0.15) is 49.0 Å². The van der Waals surface area contributed by atoms with Gasteiger partial charge < -0.3 is 5.32 Å². The van der Waals surface area contributed by atoms with Crippen LogP contribution in [0.2, 0.25) is 0 Å². The maximum Gasteiger partial charge on any atom is 0.251 e. The monoisotopic (exact) mass is 310 g/mol. The van der Waals surface area contributed by atoms with Crippen LogP contribution in [-0.4, -0.2) is 20.4 Å². The van der Waals surface area contributed by atoms with Crippen LogP contribution in [0, 0.1) is 5.92 Å². The van der Waals surface area contributed by atoms with Gasteiger partial charge in [0.1, 0.15) is 0 Å². The van der Waals surface area contributed by atoms with Crippen LogP contribution in [0.4, 0.5) is 0 Å². The minimum atomic E-state index is -3.82. The van der Waals surface area contributed by atoms with E-state index in [1.165, 1.54) is 18.9 Å². The van der Waals surface area contributed by atoms with Crippen molar-refractivity contribution in [2.24, 2.45) is 11.1 Å². The van der Waals surface area contributed by atoms with Crippen LogP contribution < -0.4 is 10.5 Å². The van der Waals surface area contributed by atoms with Gasteiger partial charge in [0, 0.05) is 11.6 Å². The molecule has 3 N–H and O–H groups in total. The molecule has 2 rings (SSSR count). The summed E-state index contributed by atoms with van der Waals surface area (Å²) in [6.45, 7) is 3.82. The van der Waals surface area contributed by atoms with Crippen molar-refractivity contribution in [3.8, 4) is 0 Å². The van der Waals surface area contributed by atoms with Gasteiger partial charge >= 0.3 is 0 Å². The van der Waals surface area contributed by atoms with E-state index < -0.39 is 10.0 Å². The number of amides is 1. The highest BCUT2D eigenvalue weighted by Gasteiger charge is 2.24. The zero-order chi connectivity index (χ0) is 15.6. The Balaban J connectivity index is 2.17. The average Bonchev–Trinajstić information content (AvgIpc) is 3.20. The Labute approximate surface area is 126 Å². The molecule has 1 unspecified atom stereocenters. The number of carbonyl (C=O) groups is 1. The van der Waals surface area contributed by atoms with Crippen molar-refractivity contribution in [2.75, 3.05) is 0 Å². The molecule has 0 bridgehead atoms. The second-order valence-corrected chi connectivity index (χ2v) is 7.30. The maximum absolute atomic E-state index is 12.2. The molecule has 1 atom stereocenters. The molecule has 1 fully saturated rings. The molecule has 1 aliphatic rings.